The van der Waals surface area contributed by atoms with Crippen molar-refractivity contribution in [1.29, 1.82) is 0 Å². The average molecular weight is 436 g/mol. The number of unbranched alkanes of at least 4 members (excludes halogenated alkanes) is 1. The van der Waals surface area contributed by atoms with Crippen LogP contribution < -0.4 is 0 Å². The number of carbonyl (C=O) groups is 1. The smallest absolute Gasteiger partial charge is 0.226 e. The number of para-hydroxylation sites is 1. The summed E-state index contributed by atoms with van der Waals surface area (Å²) in [5.41, 5.74) is 4.19. The maximum atomic E-state index is 13.9. The van der Waals surface area contributed by atoms with E-state index in [9.17, 15) is 4.79 Å². The molecule has 4 nitrogen and oxygen atoms in total. The van der Waals surface area contributed by atoms with E-state index in [0.717, 1.165) is 38.6 Å². The third kappa shape index (κ3) is 3.41. The number of fused-ring (bicyclic) bond motifs is 4. The van der Waals surface area contributed by atoms with E-state index < -0.39 is 0 Å². The van der Waals surface area contributed by atoms with Gasteiger partial charge in [0, 0.05) is 34.6 Å². The molecule has 2 aliphatic carbocycles. The van der Waals surface area contributed by atoms with Gasteiger partial charge in [-0.25, -0.2) is 0 Å². The molecule has 1 aliphatic heterocycles. The van der Waals surface area contributed by atoms with Crippen LogP contribution in [0.3, 0.4) is 0 Å². The van der Waals surface area contributed by atoms with Gasteiger partial charge in [-0.15, -0.1) is 0 Å². The first-order valence-corrected chi connectivity index (χ1v) is 13.1. The zero-order valence-electron chi connectivity index (χ0n) is 20.4. The number of rotatable bonds is 5. The minimum Gasteiger partial charge on any atom is -0.356 e. The van der Waals surface area contributed by atoms with Crippen LogP contribution in [0.1, 0.15) is 88.8 Å². The Morgan fingerprint density at radius 3 is 2.53 bits per heavy atom. The van der Waals surface area contributed by atoms with Gasteiger partial charge < -0.3 is 14.8 Å². The number of aromatic amines is 1. The van der Waals surface area contributed by atoms with Gasteiger partial charge in [0.1, 0.15) is 0 Å². The van der Waals surface area contributed by atoms with Crippen LogP contribution in [-0.4, -0.2) is 46.9 Å². The van der Waals surface area contributed by atoms with Gasteiger partial charge in [-0.3, -0.25) is 4.79 Å². The summed E-state index contributed by atoms with van der Waals surface area (Å²) in [5.74, 6) is 0.691. The topological polar surface area (TPSA) is 39.3 Å². The van der Waals surface area contributed by atoms with Gasteiger partial charge in [0.05, 0.1) is 5.54 Å². The monoisotopic (exact) mass is 435 g/mol. The zero-order chi connectivity index (χ0) is 22.3. The van der Waals surface area contributed by atoms with Gasteiger partial charge in [0.25, 0.3) is 0 Å². The molecule has 1 spiro atoms. The van der Waals surface area contributed by atoms with Crippen LogP contribution in [-0.2, 0) is 16.8 Å². The fraction of sp³-hybridized carbons (Fsp3) is 0.679. The van der Waals surface area contributed by atoms with Crippen molar-refractivity contribution in [3.63, 3.8) is 0 Å². The summed E-state index contributed by atoms with van der Waals surface area (Å²) < 4.78 is 0. The van der Waals surface area contributed by atoms with E-state index in [2.05, 4.69) is 60.1 Å². The number of H-pyrrole nitrogens is 1. The van der Waals surface area contributed by atoms with E-state index in [1.165, 1.54) is 67.1 Å². The first-order chi connectivity index (χ1) is 15.5. The third-order valence-corrected chi connectivity index (χ3v) is 9.30. The quantitative estimate of drug-likeness (QED) is 0.625. The number of amides is 1. The number of hydrogen-bond donors (Lipinski definition) is 1. The minimum absolute atomic E-state index is 0.155. The Hall–Kier alpha value is -1.81. The summed E-state index contributed by atoms with van der Waals surface area (Å²) in [6.07, 6.45) is 13.9. The predicted octanol–water partition coefficient (Wildman–Crippen LogP) is 6.00. The van der Waals surface area contributed by atoms with Crippen LogP contribution in [0.25, 0.3) is 10.9 Å². The number of nitrogens with one attached hydrogen (secondary N) is 1. The molecule has 2 fully saturated rings. The minimum atomic E-state index is -0.155. The van der Waals surface area contributed by atoms with Crippen LogP contribution in [0.2, 0.25) is 0 Å². The van der Waals surface area contributed by atoms with Gasteiger partial charge in [-0.2, -0.15) is 0 Å². The molecular weight excluding hydrogens is 394 g/mol. The molecule has 0 unspecified atom stereocenters. The highest BCUT2D eigenvalue weighted by Gasteiger charge is 2.53. The second kappa shape index (κ2) is 8.52. The SMILES string of the molecule is CCCCC1(N(C)C)CCC2(CC1)c1[nH]c3ccccc3c1CCN2C(=O)C1CCCC1. The Balaban J connectivity index is 1.55. The molecule has 1 amide bonds. The maximum absolute atomic E-state index is 13.9. The Morgan fingerprint density at radius 1 is 1.12 bits per heavy atom. The molecule has 5 rings (SSSR count). The molecule has 1 N–H and O–H groups in total. The van der Waals surface area contributed by atoms with E-state index in [4.69, 9.17) is 0 Å². The molecule has 1 aromatic heterocycles. The highest BCUT2D eigenvalue weighted by molar-refractivity contribution is 5.87. The van der Waals surface area contributed by atoms with E-state index in [0.29, 0.717) is 5.91 Å². The van der Waals surface area contributed by atoms with Crippen LogP contribution >= 0.6 is 0 Å². The van der Waals surface area contributed by atoms with Crippen molar-refractivity contribution in [2.45, 2.75) is 95.1 Å². The Labute approximate surface area is 193 Å². The lowest BCUT2D eigenvalue weighted by Gasteiger charge is -2.55. The summed E-state index contributed by atoms with van der Waals surface area (Å²) in [5, 5.41) is 1.37. The lowest BCUT2D eigenvalue weighted by atomic mass is 9.65. The van der Waals surface area contributed by atoms with Crippen molar-refractivity contribution in [2.24, 2.45) is 5.92 Å². The molecule has 1 aromatic carbocycles. The highest BCUT2D eigenvalue weighted by Crippen LogP contribution is 2.52. The fourth-order valence-corrected chi connectivity index (χ4v) is 7.22. The number of hydrogen-bond acceptors (Lipinski definition) is 2. The van der Waals surface area contributed by atoms with Gasteiger partial charge in [0.2, 0.25) is 5.91 Å². The molecule has 0 radical (unpaired) electrons. The molecule has 4 heteroatoms. The fourth-order valence-electron chi connectivity index (χ4n) is 7.22. The zero-order valence-corrected chi connectivity index (χ0v) is 20.4. The summed E-state index contributed by atoms with van der Waals surface area (Å²) in [6.45, 7) is 3.18. The Kier molecular flexibility index (Phi) is 5.86. The molecule has 0 saturated heterocycles. The summed E-state index contributed by atoms with van der Waals surface area (Å²) in [4.78, 5) is 22.6. The Morgan fingerprint density at radius 2 is 1.84 bits per heavy atom. The van der Waals surface area contributed by atoms with E-state index in [1.807, 2.05) is 0 Å². The maximum Gasteiger partial charge on any atom is 0.226 e. The van der Waals surface area contributed by atoms with Crippen molar-refractivity contribution in [1.82, 2.24) is 14.8 Å². The van der Waals surface area contributed by atoms with Gasteiger partial charge in [0.15, 0.2) is 0 Å². The number of benzene rings is 1. The highest BCUT2D eigenvalue weighted by atomic mass is 16.2. The van der Waals surface area contributed by atoms with Crippen LogP contribution in [0.15, 0.2) is 24.3 Å². The van der Waals surface area contributed by atoms with Crippen molar-refractivity contribution in [2.75, 3.05) is 20.6 Å². The van der Waals surface area contributed by atoms with Crippen LogP contribution in [0, 0.1) is 5.92 Å². The Bertz CT molecular complexity index is 960. The second-order valence-electron chi connectivity index (χ2n) is 11.0. The number of carbonyl (C=O) groups excluding carboxylic acids is 1. The van der Waals surface area contributed by atoms with Crippen molar-refractivity contribution in [3.8, 4) is 0 Å². The summed E-state index contributed by atoms with van der Waals surface area (Å²) in [7, 11) is 4.54. The lowest BCUT2D eigenvalue weighted by Crippen LogP contribution is -2.60. The lowest BCUT2D eigenvalue weighted by molar-refractivity contribution is -0.147. The van der Waals surface area contributed by atoms with Crippen molar-refractivity contribution in [3.05, 3.63) is 35.5 Å². The first-order valence-electron chi connectivity index (χ1n) is 13.1. The molecular formula is C28H41N3O. The number of aromatic nitrogens is 1. The molecule has 174 valence electrons. The molecule has 3 aliphatic rings. The molecule has 2 heterocycles. The average Bonchev–Trinajstić information content (AvgIpc) is 3.47. The molecule has 0 bridgehead atoms. The summed E-state index contributed by atoms with van der Waals surface area (Å²) in [6, 6.07) is 8.75. The first kappa shape index (κ1) is 22.0. The van der Waals surface area contributed by atoms with Crippen molar-refractivity contribution < 1.29 is 4.79 Å². The standard InChI is InChI=1S/C28H41N3O/c1-4-5-15-27(30(2)3)16-18-28(19-17-27)25-23(22-12-8-9-13-24(22)29-25)14-20-31(28)26(32)21-10-6-7-11-21/h8-9,12-13,21,29H,4-7,10-11,14-20H2,1-3H3. The molecule has 2 aromatic rings. The number of nitrogens with zero attached hydrogens (tertiary/aromatic N) is 2. The second-order valence-corrected chi connectivity index (χ2v) is 11.0. The largest absolute Gasteiger partial charge is 0.356 e. The van der Waals surface area contributed by atoms with E-state index >= 15 is 0 Å². The predicted molar refractivity (Wildman–Crippen MR) is 132 cm³/mol. The van der Waals surface area contributed by atoms with Gasteiger partial charge in [-0.1, -0.05) is 50.8 Å². The van der Waals surface area contributed by atoms with E-state index in [-0.39, 0.29) is 17.0 Å². The molecule has 32 heavy (non-hydrogen) atoms. The van der Waals surface area contributed by atoms with E-state index in [1.54, 1.807) is 0 Å². The summed E-state index contributed by atoms with van der Waals surface area (Å²) >= 11 is 0. The van der Waals surface area contributed by atoms with Crippen molar-refractivity contribution >= 4 is 16.8 Å². The third-order valence-electron chi connectivity index (χ3n) is 9.30. The van der Waals surface area contributed by atoms with Gasteiger partial charge >= 0.3 is 0 Å². The molecule has 0 atom stereocenters. The van der Waals surface area contributed by atoms with Crippen LogP contribution in [0.4, 0.5) is 0 Å². The van der Waals surface area contributed by atoms with Crippen LogP contribution in [0.5, 0.6) is 0 Å². The molecule has 2 saturated carbocycles. The normalized spacial score (nSPS) is 28.7. The van der Waals surface area contributed by atoms with Gasteiger partial charge in [-0.05, 0) is 77.1 Å².